The Hall–Kier alpha value is -1.65. The van der Waals surface area contributed by atoms with Gasteiger partial charge in [-0.2, -0.15) is 0 Å². The average molecular weight is 260 g/mol. The highest BCUT2D eigenvalue weighted by Gasteiger charge is 2.07. The first-order chi connectivity index (χ1) is 9.22. The summed E-state index contributed by atoms with van der Waals surface area (Å²) < 4.78 is 11.1. The molecule has 1 atom stereocenters. The normalized spacial score (nSPS) is 12.7. The number of ether oxygens (including phenoxy) is 2. The molecule has 0 amide bonds. The summed E-state index contributed by atoms with van der Waals surface area (Å²) in [6.07, 6.45) is 1.84. The maximum atomic E-state index is 5.95. The number of benzene rings is 1. The minimum atomic E-state index is 0.0660. The lowest BCUT2D eigenvalue weighted by Crippen LogP contribution is -2.16. The van der Waals surface area contributed by atoms with E-state index in [0.29, 0.717) is 19.8 Å². The Morgan fingerprint density at radius 1 is 1.32 bits per heavy atom. The number of nitrogens with zero attached hydrogens (tertiary/aromatic N) is 1. The van der Waals surface area contributed by atoms with Gasteiger partial charge in [-0.05, 0) is 32.0 Å². The third-order valence-corrected chi connectivity index (χ3v) is 2.97. The van der Waals surface area contributed by atoms with Crippen molar-refractivity contribution in [3.8, 4) is 0 Å². The molecule has 102 valence electrons. The molecule has 0 aliphatic rings. The van der Waals surface area contributed by atoms with Crippen molar-refractivity contribution in [3.63, 3.8) is 0 Å². The van der Waals surface area contributed by atoms with Crippen LogP contribution in [0.3, 0.4) is 0 Å². The van der Waals surface area contributed by atoms with Crippen molar-refractivity contribution >= 4 is 16.6 Å². The topological polar surface area (TPSA) is 57.4 Å². The molecule has 0 bridgehead atoms. The largest absolute Gasteiger partial charge is 0.398 e. The smallest absolute Gasteiger partial charge is 0.0785 e. The van der Waals surface area contributed by atoms with Crippen molar-refractivity contribution in [2.45, 2.75) is 26.6 Å². The van der Waals surface area contributed by atoms with Crippen LogP contribution in [-0.2, 0) is 16.1 Å². The molecule has 1 unspecified atom stereocenters. The van der Waals surface area contributed by atoms with Crippen molar-refractivity contribution in [3.05, 3.63) is 36.0 Å². The minimum absolute atomic E-state index is 0.0660. The lowest BCUT2D eigenvalue weighted by atomic mass is 10.1. The molecule has 4 nitrogen and oxygen atoms in total. The summed E-state index contributed by atoms with van der Waals surface area (Å²) in [6, 6.07) is 7.74. The van der Waals surface area contributed by atoms with E-state index in [-0.39, 0.29) is 6.10 Å². The SMILES string of the molecule is CCOCC(C)OCc1ccc(N)c2cccnc12. The molecule has 0 saturated heterocycles. The zero-order chi connectivity index (χ0) is 13.7. The molecular formula is C15H20N2O2. The third-order valence-electron chi connectivity index (χ3n) is 2.97. The molecule has 2 aromatic rings. The predicted octanol–water partition coefficient (Wildman–Crippen LogP) is 2.76. The molecule has 1 aromatic heterocycles. The number of pyridine rings is 1. The molecule has 0 radical (unpaired) electrons. The van der Waals surface area contributed by atoms with Gasteiger partial charge < -0.3 is 15.2 Å². The van der Waals surface area contributed by atoms with Crippen LogP contribution in [-0.4, -0.2) is 24.3 Å². The highest BCUT2D eigenvalue weighted by atomic mass is 16.5. The molecule has 0 fully saturated rings. The maximum Gasteiger partial charge on any atom is 0.0785 e. The molecule has 0 aliphatic heterocycles. The van der Waals surface area contributed by atoms with E-state index in [4.69, 9.17) is 15.2 Å². The number of hydrogen-bond acceptors (Lipinski definition) is 4. The van der Waals surface area contributed by atoms with Gasteiger partial charge in [0, 0.05) is 29.4 Å². The average Bonchev–Trinajstić information content (AvgIpc) is 2.45. The van der Waals surface area contributed by atoms with Crippen LogP contribution in [0.1, 0.15) is 19.4 Å². The molecule has 2 N–H and O–H groups in total. The van der Waals surface area contributed by atoms with Gasteiger partial charge in [-0.25, -0.2) is 0 Å². The number of nitrogen functional groups attached to an aromatic ring is 1. The Kier molecular flexibility index (Phi) is 4.71. The standard InChI is InChI=1S/C15H20N2O2/c1-3-18-9-11(2)19-10-12-6-7-14(16)13-5-4-8-17-15(12)13/h4-8,11H,3,9-10,16H2,1-2H3. The Labute approximate surface area is 113 Å². The van der Waals surface area contributed by atoms with Gasteiger partial charge >= 0.3 is 0 Å². The zero-order valence-corrected chi connectivity index (χ0v) is 11.4. The third kappa shape index (κ3) is 3.43. The monoisotopic (exact) mass is 260 g/mol. The van der Waals surface area contributed by atoms with Crippen LogP contribution >= 0.6 is 0 Å². The first-order valence-corrected chi connectivity index (χ1v) is 6.53. The predicted molar refractivity (Wildman–Crippen MR) is 76.9 cm³/mol. The summed E-state index contributed by atoms with van der Waals surface area (Å²) in [4.78, 5) is 4.39. The summed E-state index contributed by atoms with van der Waals surface area (Å²) in [7, 11) is 0. The number of rotatable bonds is 6. The van der Waals surface area contributed by atoms with E-state index in [0.717, 1.165) is 22.2 Å². The van der Waals surface area contributed by atoms with Crippen LogP contribution in [0.2, 0.25) is 0 Å². The summed E-state index contributed by atoms with van der Waals surface area (Å²) in [5.74, 6) is 0. The summed E-state index contributed by atoms with van der Waals surface area (Å²) in [5.41, 5.74) is 8.65. The van der Waals surface area contributed by atoms with Gasteiger partial charge in [0.1, 0.15) is 0 Å². The van der Waals surface area contributed by atoms with E-state index in [1.54, 1.807) is 6.20 Å². The van der Waals surface area contributed by atoms with Gasteiger partial charge in [0.2, 0.25) is 0 Å². The van der Waals surface area contributed by atoms with Crippen molar-refractivity contribution < 1.29 is 9.47 Å². The number of fused-ring (bicyclic) bond motifs is 1. The van der Waals surface area contributed by atoms with Gasteiger partial charge in [0.25, 0.3) is 0 Å². The molecule has 19 heavy (non-hydrogen) atoms. The molecule has 1 aromatic carbocycles. The van der Waals surface area contributed by atoms with Gasteiger partial charge in [-0.3, -0.25) is 4.98 Å². The van der Waals surface area contributed by atoms with Crippen LogP contribution in [0, 0.1) is 0 Å². The number of hydrogen-bond donors (Lipinski definition) is 1. The van der Waals surface area contributed by atoms with Crippen LogP contribution in [0.4, 0.5) is 5.69 Å². The van der Waals surface area contributed by atoms with E-state index >= 15 is 0 Å². The van der Waals surface area contributed by atoms with Gasteiger partial charge in [0.15, 0.2) is 0 Å². The second-order valence-corrected chi connectivity index (χ2v) is 4.49. The van der Waals surface area contributed by atoms with E-state index in [2.05, 4.69) is 4.98 Å². The van der Waals surface area contributed by atoms with E-state index in [1.807, 2.05) is 38.1 Å². The highest BCUT2D eigenvalue weighted by Crippen LogP contribution is 2.23. The summed E-state index contributed by atoms with van der Waals surface area (Å²) >= 11 is 0. The molecule has 2 rings (SSSR count). The fourth-order valence-electron chi connectivity index (χ4n) is 1.93. The molecule has 1 heterocycles. The van der Waals surface area contributed by atoms with Crippen molar-refractivity contribution in [2.75, 3.05) is 18.9 Å². The summed E-state index contributed by atoms with van der Waals surface area (Å²) in [5, 5.41) is 0.973. The Balaban J connectivity index is 2.11. The lowest BCUT2D eigenvalue weighted by molar-refractivity contribution is -0.0113. The summed E-state index contributed by atoms with van der Waals surface area (Å²) in [6.45, 7) is 5.81. The molecule has 0 aliphatic carbocycles. The van der Waals surface area contributed by atoms with Crippen molar-refractivity contribution in [1.82, 2.24) is 4.98 Å². The van der Waals surface area contributed by atoms with Crippen LogP contribution in [0.5, 0.6) is 0 Å². The molecule has 0 spiro atoms. The van der Waals surface area contributed by atoms with E-state index in [1.165, 1.54) is 0 Å². The first kappa shape index (κ1) is 13.8. The van der Waals surface area contributed by atoms with Gasteiger partial charge in [0.05, 0.1) is 24.8 Å². The van der Waals surface area contributed by atoms with Gasteiger partial charge in [-0.15, -0.1) is 0 Å². The quantitative estimate of drug-likeness (QED) is 0.811. The fraction of sp³-hybridized carbons (Fsp3) is 0.400. The lowest BCUT2D eigenvalue weighted by Gasteiger charge is -2.14. The molecule has 0 saturated carbocycles. The molecule has 4 heteroatoms. The Morgan fingerprint density at radius 3 is 2.95 bits per heavy atom. The Bertz CT molecular complexity index is 543. The second-order valence-electron chi connectivity index (χ2n) is 4.49. The minimum Gasteiger partial charge on any atom is -0.398 e. The number of anilines is 1. The van der Waals surface area contributed by atoms with Gasteiger partial charge in [-0.1, -0.05) is 6.07 Å². The van der Waals surface area contributed by atoms with Crippen LogP contribution in [0.15, 0.2) is 30.5 Å². The first-order valence-electron chi connectivity index (χ1n) is 6.53. The number of nitrogens with two attached hydrogens (primary N) is 1. The number of aromatic nitrogens is 1. The van der Waals surface area contributed by atoms with E-state index < -0.39 is 0 Å². The zero-order valence-electron chi connectivity index (χ0n) is 11.4. The molecular weight excluding hydrogens is 240 g/mol. The van der Waals surface area contributed by atoms with E-state index in [9.17, 15) is 0 Å². The van der Waals surface area contributed by atoms with Crippen LogP contribution < -0.4 is 5.73 Å². The highest BCUT2D eigenvalue weighted by molar-refractivity contribution is 5.92. The van der Waals surface area contributed by atoms with Crippen LogP contribution in [0.25, 0.3) is 10.9 Å². The fourth-order valence-corrected chi connectivity index (χ4v) is 1.93. The maximum absolute atomic E-state index is 5.95. The van der Waals surface area contributed by atoms with Crippen molar-refractivity contribution in [2.24, 2.45) is 0 Å². The second kappa shape index (κ2) is 6.50. The Morgan fingerprint density at radius 2 is 2.16 bits per heavy atom. The van der Waals surface area contributed by atoms with Crippen molar-refractivity contribution in [1.29, 1.82) is 0 Å².